The predicted octanol–water partition coefficient (Wildman–Crippen LogP) is 2.00. The normalized spacial score (nSPS) is 14.7. The van der Waals surface area contributed by atoms with E-state index in [1.807, 2.05) is 0 Å². The number of carboxylic acids is 1. The third-order valence-corrected chi connectivity index (χ3v) is 4.33. The Labute approximate surface area is 137 Å². The second-order valence-electron chi connectivity index (χ2n) is 5.92. The van der Waals surface area contributed by atoms with Crippen molar-refractivity contribution in [3.63, 3.8) is 0 Å². The monoisotopic (exact) mass is 319 g/mol. The molecule has 0 bridgehead atoms. The third kappa shape index (κ3) is 4.61. The van der Waals surface area contributed by atoms with Gasteiger partial charge in [0.25, 0.3) is 0 Å². The second-order valence-corrected chi connectivity index (χ2v) is 5.92. The summed E-state index contributed by atoms with van der Waals surface area (Å²) < 4.78 is 0. The average molecular weight is 319 g/mol. The molecule has 1 aliphatic heterocycles. The van der Waals surface area contributed by atoms with Crippen molar-refractivity contribution >= 4 is 17.7 Å². The van der Waals surface area contributed by atoms with E-state index in [1.165, 1.54) is 16.8 Å². The molecule has 2 rings (SSSR count). The summed E-state index contributed by atoms with van der Waals surface area (Å²) in [5.74, 6) is -0.832. The SMILES string of the molecule is Cc1cccc(N2CCN(C(=O)NCCCC(=O)O)CC2)c1C. The standard InChI is InChI=1S/C17H25N3O3/c1-13-5-3-6-15(14(13)2)19-9-11-20(12-10-19)17(23)18-8-4-7-16(21)22/h3,5-6H,4,7-12H2,1-2H3,(H,18,23)(H,21,22). The Hall–Kier alpha value is -2.24. The van der Waals surface area contributed by atoms with Crippen molar-refractivity contribution < 1.29 is 14.7 Å². The molecule has 0 radical (unpaired) electrons. The smallest absolute Gasteiger partial charge is 0.317 e. The van der Waals surface area contributed by atoms with Gasteiger partial charge in [0.2, 0.25) is 0 Å². The molecule has 23 heavy (non-hydrogen) atoms. The molecule has 6 nitrogen and oxygen atoms in total. The summed E-state index contributed by atoms with van der Waals surface area (Å²) in [6.45, 7) is 7.63. The van der Waals surface area contributed by atoms with Crippen LogP contribution in [0.15, 0.2) is 18.2 Å². The van der Waals surface area contributed by atoms with Crippen molar-refractivity contribution in [3.8, 4) is 0 Å². The number of carbonyl (C=O) groups excluding carboxylic acids is 1. The van der Waals surface area contributed by atoms with E-state index in [4.69, 9.17) is 5.11 Å². The summed E-state index contributed by atoms with van der Waals surface area (Å²) in [5, 5.41) is 11.4. The molecule has 6 heteroatoms. The first-order chi connectivity index (χ1) is 11.0. The fraction of sp³-hybridized carbons (Fsp3) is 0.529. The van der Waals surface area contributed by atoms with Crippen molar-refractivity contribution in [3.05, 3.63) is 29.3 Å². The van der Waals surface area contributed by atoms with Crippen LogP contribution in [0.4, 0.5) is 10.5 Å². The fourth-order valence-electron chi connectivity index (χ4n) is 2.78. The molecular weight excluding hydrogens is 294 g/mol. The lowest BCUT2D eigenvalue weighted by atomic mass is 10.1. The summed E-state index contributed by atoms with van der Waals surface area (Å²) in [5.41, 5.74) is 3.81. The van der Waals surface area contributed by atoms with Gasteiger partial charge in [-0.2, -0.15) is 0 Å². The van der Waals surface area contributed by atoms with Crippen molar-refractivity contribution in [2.24, 2.45) is 0 Å². The summed E-state index contributed by atoms with van der Waals surface area (Å²) in [6.07, 6.45) is 0.546. The molecule has 0 aromatic heterocycles. The quantitative estimate of drug-likeness (QED) is 0.814. The van der Waals surface area contributed by atoms with E-state index >= 15 is 0 Å². The summed E-state index contributed by atoms with van der Waals surface area (Å²) in [6, 6.07) is 6.21. The molecule has 1 aromatic rings. The maximum absolute atomic E-state index is 12.1. The van der Waals surface area contributed by atoms with Crippen LogP contribution in [0.3, 0.4) is 0 Å². The number of benzene rings is 1. The third-order valence-electron chi connectivity index (χ3n) is 4.33. The van der Waals surface area contributed by atoms with Crippen LogP contribution in [0.25, 0.3) is 0 Å². The molecule has 2 amide bonds. The number of nitrogens with zero attached hydrogens (tertiary/aromatic N) is 2. The highest BCUT2D eigenvalue weighted by atomic mass is 16.4. The molecule has 0 unspecified atom stereocenters. The first-order valence-electron chi connectivity index (χ1n) is 8.05. The number of piperazine rings is 1. The van der Waals surface area contributed by atoms with Gasteiger partial charge in [0, 0.05) is 44.8 Å². The van der Waals surface area contributed by atoms with E-state index in [2.05, 4.69) is 42.3 Å². The number of carboxylic acid groups (broad SMARTS) is 1. The summed E-state index contributed by atoms with van der Waals surface area (Å²) >= 11 is 0. The Morgan fingerprint density at radius 2 is 1.87 bits per heavy atom. The molecule has 1 aromatic carbocycles. The van der Waals surface area contributed by atoms with Gasteiger partial charge in [-0.1, -0.05) is 12.1 Å². The molecule has 0 atom stereocenters. The predicted molar refractivity (Wildman–Crippen MR) is 90.0 cm³/mol. The highest BCUT2D eigenvalue weighted by molar-refractivity contribution is 5.74. The molecule has 0 aliphatic carbocycles. The Bertz CT molecular complexity index is 566. The lowest BCUT2D eigenvalue weighted by molar-refractivity contribution is -0.137. The molecule has 0 spiro atoms. The zero-order valence-electron chi connectivity index (χ0n) is 13.8. The average Bonchev–Trinajstić information content (AvgIpc) is 2.54. The van der Waals surface area contributed by atoms with Gasteiger partial charge < -0.3 is 20.2 Å². The number of hydrogen-bond donors (Lipinski definition) is 2. The summed E-state index contributed by atoms with van der Waals surface area (Å²) in [4.78, 5) is 26.6. The van der Waals surface area contributed by atoms with Crippen LogP contribution in [0.2, 0.25) is 0 Å². The molecular formula is C17H25N3O3. The van der Waals surface area contributed by atoms with Crippen LogP contribution in [-0.2, 0) is 4.79 Å². The maximum Gasteiger partial charge on any atom is 0.317 e. The minimum atomic E-state index is -0.832. The number of carbonyl (C=O) groups is 2. The number of rotatable bonds is 5. The number of aliphatic carboxylic acids is 1. The first kappa shape index (κ1) is 17.1. The van der Waals surface area contributed by atoms with Crippen LogP contribution >= 0.6 is 0 Å². The van der Waals surface area contributed by atoms with E-state index in [0.29, 0.717) is 26.1 Å². The number of amides is 2. The number of urea groups is 1. The van der Waals surface area contributed by atoms with Crippen LogP contribution in [0, 0.1) is 13.8 Å². The molecule has 1 saturated heterocycles. The molecule has 0 saturated carbocycles. The van der Waals surface area contributed by atoms with Gasteiger partial charge in [-0.05, 0) is 37.5 Å². The lowest BCUT2D eigenvalue weighted by Gasteiger charge is -2.37. The van der Waals surface area contributed by atoms with E-state index in [-0.39, 0.29) is 12.5 Å². The number of hydrogen-bond acceptors (Lipinski definition) is 3. The Balaban J connectivity index is 1.80. The van der Waals surface area contributed by atoms with Gasteiger partial charge in [-0.25, -0.2) is 4.79 Å². The van der Waals surface area contributed by atoms with Gasteiger partial charge in [0.1, 0.15) is 0 Å². The number of anilines is 1. The van der Waals surface area contributed by atoms with Crippen LogP contribution in [-0.4, -0.2) is 54.7 Å². The molecule has 2 N–H and O–H groups in total. The van der Waals surface area contributed by atoms with E-state index in [0.717, 1.165) is 13.1 Å². The topological polar surface area (TPSA) is 72.9 Å². The van der Waals surface area contributed by atoms with E-state index < -0.39 is 5.97 Å². The number of nitrogens with one attached hydrogen (secondary N) is 1. The van der Waals surface area contributed by atoms with Crippen molar-refractivity contribution in [2.45, 2.75) is 26.7 Å². The maximum atomic E-state index is 12.1. The van der Waals surface area contributed by atoms with Crippen molar-refractivity contribution in [1.29, 1.82) is 0 Å². The largest absolute Gasteiger partial charge is 0.481 e. The highest BCUT2D eigenvalue weighted by Crippen LogP contribution is 2.23. The zero-order valence-corrected chi connectivity index (χ0v) is 13.8. The Morgan fingerprint density at radius 3 is 2.52 bits per heavy atom. The zero-order chi connectivity index (χ0) is 16.8. The first-order valence-corrected chi connectivity index (χ1v) is 8.05. The van der Waals surface area contributed by atoms with Gasteiger partial charge in [-0.3, -0.25) is 4.79 Å². The van der Waals surface area contributed by atoms with Crippen LogP contribution in [0.5, 0.6) is 0 Å². The molecule has 1 aliphatic rings. The summed E-state index contributed by atoms with van der Waals surface area (Å²) in [7, 11) is 0. The minimum Gasteiger partial charge on any atom is -0.481 e. The second kappa shape index (κ2) is 7.85. The Kier molecular flexibility index (Phi) is 5.84. The van der Waals surface area contributed by atoms with Crippen LogP contribution < -0.4 is 10.2 Å². The molecule has 1 fully saturated rings. The van der Waals surface area contributed by atoms with E-state index in [9.17, 15) is 9.59 Å². The van der Waals surface area contributed by atoms with Gasteiger partial charge in [0.15, 0.2) is 0 Å². The number of aryl methyl sites for hydroxylation is 1. The van der Waals surface area contributed by atoms with Gasteiger partial charge >= 0.3 is 12.0 Å². The van der Waals surface area contributed by atoms with E-state index in [1.54, 1.807) is 4.90 Å². The highest BCUT2D eigenvalue weighted by Gasteiger charge is 2.22. The van der Waals surface area contributed by atoms with Gasteiger partial charge in [-0.15, -0.1) is 0 Å². The molecule has 126 valence electrons. The fourth-order valence-corrected chi connectivity index (χ4v) is 2.78. The lowest BCUT2D eigenvalue weighted by Crippen LogP contribution is -2.52. The minimum absolute atomic E-state index is 0.0840. The van der Waals surface area contributed by atoms with Crippen LogP contribution in [0.1, 0.15) is 24.0 Å². The Morgan fingerprint density at radius 1 is 1.17 bits per heavy atom. The van der Waals surface area contributed by atoms with Crippen molar-refractivity contribution in [2.75, 3.05) is 37.6 Å². The van der Waals surface area contributed by atoms with Crippen molar-refractivity contribution in [1.82, 2.24) is 10.2 Å². The molecule has 1 heterocycles. The van der Waals surface area contributed by atoms with Gasteiger partial charge in [0.05, 0.1) is 0 Å².